The summed E-state index contributed by atoms with van der Waals surface area (Å²) in [7, 11) is 0. The molecule has 5 heteroatoms. The summed E-state index contributed by atoms with van der Waals surface area (Å²) < 4.78 is 4.88. The molecule has 1 amide bonds. The monoisotopic (exact) mass is 361 g/mol. The van der Waals surface area contributed by atoms with E-state index in [-0.39, 0.29) is 0 Å². The summed E-state index contributed by atoms with van der Waals surface area (Å²) in [4.78, 5) is 23.8. The number of hydrogen-bond acceptors (Lipinski definition) is 4. The number of anilines is 1. The number of carbonyl (C=O) groups is 2. The number of carbonyl (C=O) groups excluding carboxylic acids is 2. The van der Waals surface area contributed by atoms with Gasteiger partial charge in [0.25, 0.3) is 5.91 Å². The van der Waals surface area contributed by atoms with Gasteiger partial charge in [-0.2, -0.15) is 0 Å². The Labute approximate surface area is 157 Å². The van der Waals surface area contributed by atoms with Gasteiger partial charge in [-0.3, -0.25) is 4.79 Å². The Balaban J connectivity index is 1.51. The van der Waals surface area contributed by atoms with Crippen LogP contribution in [0.15, 0.2) is 84.9 Å². The van der Waals surface area contributed by atoms with E-state index >= 15 is 0 Å². The Bertz CT molecular complexity index is 893. The summed E-state index contributed by atoms with van der Waals surface area (Å²) in [5, 5.41) is 12.6. The number of ether oxygens (including phenoxy) is 1. The van der Waals surface area contributed by atoms with Crippen molar-refractivity contribution in [3.05, 3.63) is 90.5 Å². The van der Waals surface area contributed by atoms with Crippen LogP contribution in [0.1, 0.15) is 11.7 Å². The number of aliphatic hydroxyl groups excluding tert-OH is 1. The van der Waals surface area contributed by atoms with Crippen molar-refractivity contribution in [3.63, 3.8) is 0 Å². The number of aliphatic hydroxyl groups is 1. The van der Waals surface area contributed by atoms with E-state index in [1.54, 1.807) is 42.5 Å². The van der Waals surface area contributed by atoms with Crippen LogP contribution >= 0.6 is 0 Å². The fourth-order valence-electron chi connectivity index (χ4n) is 2.56. The summed E-state index contributed by atoms with van der Waals surface area (Å²) in [6, 6.07) is 25.7. The van der Waals surface area contributed by atoms with E-state index in [0.717, 1.165) is 11.1 Å². The predicted molar refractivity (Wildman–Crippen MR) is 103 cm³/mol. The Morgan fingerprint density at radius 2 is 1.37 bits per heavy atom. The van der Waals surface area contributed by atoms with Gasteiger partial charge < -0.3 is 15.2 Å². The van der Waals surface area contributed by atoms with Gasteiger partial charge in [-0.25, -0.2) is 4.79 Å². The fourth-order valence-corrected chi connectivity index (χ4v) is 2.56. The molecule has 3 aromatic rings. The molecule has 1 atom stereocenters. The van der Waals surface area contributed by atoms with E-state index in [1.165, 1.54) is 0 Å². The SMILES string of the molecule is O=C(COC(=O)[C@@H](O)c1ccccc1)Nc1ccc(-c2ccccc2)cc1. The second kappa shape index (κ2) is 8.78. The lowest BCUT2D eigenvalue weighted by Gasteiger charge is -2.11. The third kappa shape index (κ3) is 5.03. The first-order chi connectivity index (χ1) is 13.1. The summed E-state index contributed by atoms with van der Waals surface area (Å²) in [6.45, 7) is -0.469. The Morgan fingerprint density at radius 3 is 2.00 bits per heavy atom. The minimum atomic E-state index is -1.41. The molecule has 27 heavy (non-hydrogen) atoms. The normalized spacial score (nSPS) is 11.4. The molecule has 0 aliphatic heterocycles. The zero-order valence-electron chi connectivity index (χ0n) is 14.5. The zero-order valence-corrected chi connectivity index (χ0v) is 14.5. The van der Waals surface area contributed by atoms with E-state index in [2.05, 4.69) is 5.32 Å². The van der Waals surface area contributed by atoms with Gasteiger partial charge in [-0.1, -0.05) is 72.8 Å². The number of nitrogens with one attached hydrogen (secondary N) is 1. The maximum absolute atomic E-state index is 12.0. The highest BCUT2D eigenvalue weighted by atomic mass is 16.5. The molecule has 2 N–H and O–H groups in total. The highest BCUT2D eigenvalue weighted by Gasteiger charge is 2.19. The Kier molecular flexibility index (Phi) is 5.97. The van der Waals surface area contributed by atoms with Crippen LogP contribution in [0.4, 0.5) is 5.69 Å². The lowest BCUT2D eigenvalue weighted by molar-refractivity contribution is -0.156. The molecule has 3 aromatic carbocycles. The quantitative estimate of drug-likeness (QED) is 0.658. The van der Waals surface area contributed by atoms with Gasteiger partial charge in [-0.15, -0.1) is 0 Å². The molecule has 0 heterocycles. The van der Waals surface area contributed by atoms with E-state index in [1.807, 2.05) is 42.5 Å². The van der Waals surface area contributed by atoms with E-state index in [9.17, 15) is 14.7 Å². The van der Waals surface area contributed by atoms with Gasteiger partial charge in [0.05, 0.1) is 0 Å². The molecule has 5 nitrogen and oxygen atoms in total. The van der Waals surface area contributed by atoms with Crippen molar-refractivity contribution in [1.29, 1.82) is 0 Å². The molecule has 0 bridgehead atoms. The van der Waals surface area contributed by atoms with E-state index in [0.29, 0.717) is 11.3 Å². The molecule has 3 rings (SSSR count). The molecule has 0 saturated heterocycles. The largest absolute Gasteiger partial charge is 0.453 e. The van der Waals surface area contributed by atoms with Crippen LogP contribution in [0, 0.1) is 0 Å². The van der Waals surface area contributed by atoms with Crippen molar-refractivity contribution in [2.45, 2.75) is 6.10 Å². The van der Waals surface area contributed by atoms with Crippen LogP contribution in [0.2, 0.25) is 0 Å². The first kappa shape index (κ1) is 18.4. The maximum Gasteiger partial charge on any atom is 0.340 e. The highest BCUT2D eigenvalue weighted by molar-refractivity contribution is 5.93. The lowest BCUT2D eigenvalue weighted by atomic mass is 10.1. The summed E-state index contributed by atoms with van der Waals surface area (Å²) in [5.41, 5.74) is 3.13. The van der Waals surface area contributed by atoms with Crippen LogP contribution in [0.25, 0.3) is 11.1 Å². The van der Waals surface area contributed by atoms with Gasteiger partial charge >= 0.3 is 5.97 Å². The van der Waals surface area contributed by atoms with Crippen molar-refractivity contribution in [1.82, 2.24) is 0 Å². The van der Waals surface area contributed by atoms with Crippen LogP contribution in [0.3, 0.4) is 0 Å². The minimum absolute atomic E-state index is 0.416. The number of benzene rings is 3. The summed E-state index contributed by atoms with van der Waals surface area (Å²) in [5.74, 6) is -1.34. The molecule has 0 aliphatic carbocycles. The predicted octanol–water partition coefficient (Wildman–Crippen LogP) is 3.57. The molecule has 0 aromatic heterocycles. The molecular formula is C22H19NO4. The minimum Gasteiger partial charge on any atom is -0.453 e. The van der Waals surface area contributed by atoms with Gasteiger partial charge in [0, 0.05) is 5.69 Å². The van der Waals surface area contributed by atoms with Crippen LogP contribution < -0.4 is 5.32 Å². The van der Waals surface area contributed by atoms with Crippen LogP contribution in [0.5, 0.6) is 0 Å². The van der Waals surface area contributed by atoms with Gasteiger partial charge in [-0.05, 0) is 28.8 Å². The van der Waals surface area contributed by atoms with Crippen LogP contribution in [-0.2, 0) is 14.3 Å². The summed E-state index contributed by atoms with van der Waals surface area (Å²) in [6.07, 6.45) is -1.41. The van der Waals surface area contributed by atoms with Gasteiger partial charge in [0.1, 0.15) is 0 Å². The first-order valence-corrected chi connectivity index (χ1v) is 8.48. The number of rotatable bonds is 6. The highest BCUT2D eigenvalue weighted by Crippen LogP contribution is 2.21. The lowest BCUT2D eigenvalue weighted by Crippen LogP contribution is -2.23. The average molecular weight is 361 g/mol. The summed E-state index contributed by atoms with van der Waals surface area (Å²) >= 11 is 0. The van der Waals surface area contributed by atoms with Crippen molar-refractivity contribution >= 4 is 17.6 Å². The molecule has 136 valence electrons. The van der Waals surface area contributed by atoms with Gasteiger partial charge in [0.2, 0.25) is 0 Å². The topological polar surface area (TPSA) is 75.6 Å². The molecular weight excluding hydrogens is 342 g/mol. The second-order valence-electron chi connectivity index (χ2n) is 5.91. The molecule has 0 fully saturated rings. The Morgan fingerprint density at radius 1 is 0.815 bits per heavy atom. The van der Waals surface area contributed by atoms with E-state index < -0.39 is 24.6 Å². The zero-order chi connectivity index (χ0) is 19.1. The molecule has 0 unspecified atom stereocenters. The standard InChI is InChI=1S/C22H19NO4/c24-20(15-27-22(26)21(25)18-9-5-2-6-10-18)23-19-13-11-17(12-14-19)16-7-3-1-4-8-16/h1-14,21,25H,15H2,(H,23,24)/t21-/m0/s1. The van der Waals surface area contributed by atoms with Crippen molar-refractivity contribution < 1.29 is 19.4 Å². The Hall–Kier alpha value is -3.44. The maximum atomic E-state index is 12.0. The second-order valence-corrected chi connectivity index (χ2v) is 5.91. The molecule has 0 spiro atoms. The fraction of sp³-hybridized carbons (Fsp3) is 0.0909. The number of hydrogen-bond donors (Lipinski definition) is 2. The third-order valence-electron chi connectivity index (χ3n) is 3.96. The molecule has 0 saturated carbocycles. The van der Waals surface area contributed by atoms with Crippen molar-refractivity contribution in [2.75, 3.05) is 11.9 Å². The van der Waals surface area contributed by atoms with Crippen LogP contribution in [-0.4, -0.2) is 23.6 Å². The van der Waals surface area contributed by atoms with E-state index in [4.69, 9.17) is 4.74 Å². The average Bonchev–Trinajstić information content (AvgIpc) is 2.73. The van der Waals surface area contributed by atoms with Crippen molar-refractivity contribution in [2.24, 2.45) is 0 Å². The first-order valence-electron chi connectivity index (χ1n) is 8.48. The molecule has 0 aliphatic rings. The molecule has 0 radical (unpaired) electrons. The number of amides is 1. The van der Waals surface area contributed by atoms with Crippen molar-refractivity contribution in [3.8, 4) is 11.1 Å². The van der Waals surface area contributed by atoms with Gasteiger partial charge in [0.15, 0.2) is 12.7 Å². The number of esters is 1. The third-order valence-corrected chi connectivity index (χ3v) is 3.96. The smallest absolute Gasteiger partial charge is 0.340 e.